The molecule has 0 unspecified atom stereocenters. The van der Waals surface area contributed by atoms with Crippen LogP contribution >= 0.6 is 11.6 Å². The molecule has 128 valence electrons. The van der Waals surface area contributed by atoms with E-state index in [1.54, 1.807) is 6.92 Å². The van der Waals surface area contributed by atoms with Gasteiger partial charge in [0.1, 0.15) is 0 Å². The van der Waals surface area contributed by atoms with Crippen molar-refractivity contribution in [2.45, 2.75) is 26.6 Å². The average molecular weight is 353 g/mol. The van der Waals surface area contributed by atoms with E-state index in [2.05, 4.69) is 10.6 Å². The van der Waals surface area contributed by atoms with Crippen molar-refractivity contribution in [2.75, 3.05) is 0 Å². The van der Waals surface area contributed by atoms with Crippen LogP contribution in [0.25, 0.3) is 0 Å². The summed E-state index contributed by atoms with van der Waals surface area (Å²) < 4.78 is 2.14. The zero-order valence-corrected chi connectivity index (χ0v) is 15.0. The lowest BCUT2D eigenvalue weighted by Crippen LogP contribution is -2.28. The molecule has 4 heteroatoms. The molecule has 3 nitrogen and oxygen atoms in total. The highest BCUT2D eigenvalue weighted by Crippen LogP contribution is 2.18. The quantitative estimate of drug-likeness (QED) is 0.629. The second kappa shape index (κ2) is 8.04. The van der Waals surface area contributed by atoms with E-state index in [0.717, 1.165) is 21.8 Å². The van der Waals surface area contributed by atoms with Crippen LogP contribution in [0.5, 0.6) is 0 Å². The normalized spacial score (nSPS) is 10.6. The molecular weight excluding hydrogens is 332 g/mol. The third kappa shape index (κ3) is 4.52. The van der Waals surface area contributed by atoms with E-state index in [4.69, 9.17) is 11.6 Å². The molecule has 3 aromatic rings. The Morgan fingerprint density at radius 1 is 0.960 bits per heavy atom. The molecule has 0 aliphatic rings. The summed E-state index contributed by atoms with van der Waals surface area (Å²) in [4.78, 5) is 13.9. The molecule has 2 aromatic carbocycles. The van der Waals surface area contributed by atoms with Gasteiger partial charge in [-0.2, -0.15) is 0 Å². The largest absolute Gasteiger partial charge is 0.345 e. The molecule has 0 aliphatic heterocycles. The first kappa shape index (κ1) is 17.3. The lowest BCUT2D eigenvalue weighted by atomic mass is 10.2. The minimum atomic E-state index is 0.0642. The van der Waals surface area contributed by atoms with Crippen molar-refractivity contribution < 1.29 is 4.79 Å². The number of hydrogen-bond acceptors (Lipinski definition) is 1. The van der Waals surface area contributed by atoms with Crippen LogP contribution in [-0.2, 0) is 24.4 Å². The lowest BCUT2D eigenvalue weighted by molar-refractivity contribution is -0.130. The third-order valence-corrected chi connectivity index (χ3v) is 4.61. The van der Waals surface area contributed by atoms with Crippen molar-refractivity contribution >= 4 is 17.5 Å². The second-order valence-corrected chi connectivity index (χ2v) is 6.49. The number of nitrogens with zero attached hydrogens (tertiary/aromatic N) is 2. The molecule has 0 fully saturated rings. The van der Waals surface area contributed by atoms with Crippen molar-refractivity contribution in [1.82, 2.24) is 9.47 Å². The van der Waals surface area contributed by atoms with Gasteiger partial charge in [0.05, 0.1) is 6.54 Å². The SMILES string of the molecule is CC(=O)N(Cc1ccccc1)Cc1cccn1Cc1ccccc1Cl. The maximum absolute atomic E-state index is 12.1. The van der Waals surface area contributed by atoms with Gasteiger partial charge in [-0.05, 0) is 29.3 Å². The molecule has 1 amide bonds. The predicted molar refractivity (Wildman–Crippen MR) is 101 cm³/mol. The van der Waals surface area contributed by atoms with Gasteiger partial charge in [-0.1, -0.05) is 60.1 Å². The monoisotopic (exact) mass is 352 g/mol. The molecule has 0 aliphatic carbocycles. The summed E-state index contributed by atoms with van der Waals surface area (Å²) in [5.41, 5.74) is 3.28. The number of carbonyl (C=O) groups excluding carboxylic acids is 1. The van der Waals surface area contributed by atoms with Crippen molar-refractivity contribution in [1.29, 1.82) is 0 Å². The summed E-state index contributed by atoms with van der Waals surface area (Å²) in [6.45, 7) is 3.48. The number of amides is 1. The number of carbonyl (C=O) groups is 1. The Labute approximate surface area is 153 Å². The smallest absolute Gasteiger partial charge is 0.220 e. The minimum Gasteiger partial charge on any atom is -0.345 e. The number of hydrogen-bond donors (Lipinski definition) is 0. The Morgan fingerprint density at radius 2 is 1.68 bits per heavy atom. The van der Waals surface area contributed by atoms with E-state index in [1.165, 1.54) is 0 Å². The highest BCUT2D eigenvalue weighted by atomic mass is 35.5. The fourth-order valence-electron chi connectivity index (χ4n) is 2.84. The molecule has 1 heterocycles. The zero-order valence-electron chi connectivity index (χ0n) is 14.2. The van der Waals surface area contributed by atoms with Crippen LogP contribution in [0, 0.1) is 0 Å². The number of rotatable bonds is 6. The molecule has 0 saturated carbocycles. The third-order valence-electron chi connectivity index (χ3n) is 4.24. The molecule has 3 rings (SSSR count). The molecular formula is C21H21ClN2O. The second-order valence-electron chi connectivity index (χ2n) is 6.08. The van der Waals surface area contributed by atoms with Crippen LogP contribution < -0.4 is 0 Å². The summed E-state index contributed by atoms with van der Waals surface area (Å²) in [5.74, 6) is 0.0642. The molecule has 0 spiro atoms. The maximum Gasteiger partial charge on any atom is 0.220 e. The lowest BCUT2D eigenvalue weighted by Gasteiger charge is -2.22. The van der Waals surface area contributed by atoms with Gasteiger partial charge in [-0.3, -0.25) is 4.79 Å². The van der Waals surface area contributed by atoms with E-state index in [-0.39, 0.29) is 5.91 Å². The van der Waals surface area contributed by atoms with E-state index in [0.29, 0.717) is 19.6 Å². The van der Waals surface area contributed by atoms with Crippen molar-refractivity contribution in [3.8, 4) is 0 Å². The Hall–Kier alpha value is -2.52. The van der Waals surface area contributed by atoms with Crippen LogP contribution in [0.2, 0.25) is 5.02 Å². The number of benzene rings is 2. The predicted octanol–water partition coefficient (Wildman–Crippen LogP) is 4.74. The Bertz CT molecular complexity index is 842. The molecule has 0 N–H and O–H groups in total. The van der Waals surface area contributed by atoms with Crippen molar-refractivity contribution in [2.24, 2.45) is 0 Å². The summed E-state index contributed by atoms with van der Waals surface area (Å²) in [7, 11) is 0. The average Bonchev–Trinajstić information content (AvgIpc) is 3.04. The van der Waals surface area contributed by atoms with Gasteiger partial charge in [0, 0.05) is 36.9 Å². The van der Waals surface area contributed by atoms with Gasteiger partial charge in [-0.25, -0.2) is 0 Å². The fraction of sp³-hybridized carbons (Fsp3) is 0.190. The van der Waals surface area contributed by atoms with E-state index < -0.39 is 0 Å². The van der Waals surface area contributed by atoms with Crippen molar-refractivity contribution in [3.63, 3.8) is 0 Å². The first-order valence-electron chi connectivity index (χ1n) is 8.30. The number of aromatic nitrogens is 1. The highest BCUT2D eigenvalue weighted by Gasteiger charge is 2.13. The van der Waals surface area contributed by atoms with Crippen LogP contribution in [0.1, 0.15) is 23.7 Å². The summed E-state index contributed by atoms with van der Waals surface area (Å²) in [6, 6.07) is 22.0. The standard InChI is InChI=1S/C21H21ClN2O/c1-17(25)24(14-18-8-3-2-4-9-18)16-20-11-7-13-23(20)15-19-10-5-6-12-21(19)22/h2-13H,14-16H2,1H3. The van der Waals surface area contributed by atoms with Gasteiger partial charge in [-0.15, -0.1) is 0 Å². The first-order valence-corrected chi connectivity index (χ1v) is 8.68. The maximum atomic E-state index is 12.1. The Balaban J connectivity index is 1.76. The van der Waals surface area contributed by atoms with Crippen LogP contribution in [0.4, 0.5) is 0 Å². The van der Waals surface area contributed by atoms with Gasteiger partial charge in [0.2, 0.25) is 5.91 Å². The summed E-state index contributed by atoms with van der Waals surface area (Å²) >= 11 is 6.28. The number of halogens is 1. The molecule has 0 saturated heterocycles. The zero-order chi connectivity index (χ0) is 17.6. The van der Waals surface area contributed by atoms with Crippen LogP contribution in [0.3, 0.4) is 0 Å². The van der Waals surface area contributed by atoms with Crippen LogP contribution in [0.15, 0.2) is 72.9 Å². The van der Waals surface area contributed by atoms with Gasteiger partial charge in [0.15, 0.2) is 0 Å². The molecule has 0 radical (unpaired) electrons. The van der Waals surface area contributed by atoms with E-state index in [1.807, 2.05) is 71.8 Å². The highest BCUT2D eigenvalue weighted by molar-refractivity contribution is 6.31. The van der Waals surface area contributed by atoms with Gasteiger partial charge < -0.3 is 9.47 Å². The molecule has 0 bridgehead atoms. The van der Waals surface area contributed by atoms with Gasteiger partial charge >= 0.3 is 0 Å². The fourth-order valence-corrected chi connectivity index (χ4v) is 3.03. The van der Waals surface area contributed by atoms with Gasteiger partial charge in [0.25, 0.3) is 0 Å². The van der Waals surface area contributed by atoms with Crippen LogP contribution in [-0.4, -0.2) is 15.4 Å². The topological polar surface area (TPSA) is 25.2 Å². The molecule has 25 heavy (non-hydrogen) atoms. The Kier molecular flexibility index (Phi) is 5.56. The summed E-state index contributed by atoms with van der Waals surface area (Å²) in [5, 5.41) is 0.759. The molecule has 0 atom stereocenters. The molecule has 1 aromatic heterocycles. The first-order chi connectivity index (χ1) is 12.1. The minimum absolute atomic E-state index is 0.0642. The Morgan fingerprint density at radius 3 is 2.40 bits per heavy atom. The van der Waals surface area contributed by atoms with Crippen molar-refractivity contribution in [3.05, 3.63) is 94.8 Å². The van der Waals surface area contributed by atoms with E-state index in [9.17, 15) is 4.79 Å². The van der Waals surface area contributed by atoms with E-state index >= 15 is 0 Å². The summed E-state index contributed by atoms with van der Waals surface area (Å²) in [6.07, 6.45) is 2.03.